The number of carbonyl (C=O) groups is 1. The molecule has 0 saturated heterocycles. The SMILES string of the molecule is Cc1cc([C@@H](C)Nc2ccc(C)nc2C(=O)O)c2oc(-c3ccc4nc(C)sc4n3)cc(=O)c2c1. The predicted octanol–water partition coefficient (Wildman–Crippen LogP) is 5.66. The first kappa shape index (κ1) is 22.7. The molecule has 35 heavy (non-hydrogen) atoms. The minimum Gasteiger partial charge on any atom is -0.476 e. The summed E-state index contributed by atoms with van der Waals surface area (Å²) in [7, 11) is 0. The lowest BCUT2D eigenvalue weighted by molar-refractivity contribution is 0.0691. The van der Waals surface area contributed by atoms with Crippen molar-refractivity contribution in [2.24, 2.45) is 0 Å². The Morgan fingerprint density at radius 1 is 1.06 bits per heavy atom. The average Bonchev–Trinajstić information content (AvgIpc) is 3.19. The Hall–Kier alpha value is -4.11. The monoisotopic (exact) mass is 486 g/mol. The number of aromatic nitrogens is 3. The van der Waals surface area contributed by atoms with Crippen LogP contribution in [0.5, 0.6) is 0 Å². The van der Waals surface area contributed by atoms with Crippen molar-refractivity contribution in [3.8, 4) is 11.5 Å². The first-order valence-corrected chi connectivity index (χ1v) is 11.8. The summed E-state index contributed by atoms with van der Waals surface area (Å²) in [6.45, 7) is 7.45. The summed E-state index contributed by atoms with van der Waals surface area (Å²) in [6.07, 6.45) is 0. The highest BCUT2D eigenvalue weighted by Gasteiger charge is 2.20. The summed E-state index contributed by atoms with van der Waals surface area (Å²) in [4.78, 5) is 38.8. The van der Waals surface area contributed by atoms with Gasteiger partial charge in [0.05, 0.1) is 22.1 Å². The molecule has 8 nitrogen and oxygen atoms in total. The van der Waals surface area contributed by atoms with Crippen LogP contribution in [-0.4, -0.2) is 26.0 Å². The van der Waals surface area contributed by atoms with Crippen molar-refractivity contribution in [3.63, 3.8) is 0 Å². The lowest BCUT2D eigenvalue weighted by Gasteiger charge is -2.19. The number of rotatable bonds is 5. The van der Waals surface area contributed by atoms with Crippen LogP contribution in [0.4, 0.5) is 5.69 Å². The molecule has 4 aromatic heterocycles. The van der Waals surface area contributed by atoms with Gasteiger partial charge in [0.25, 0.3) is 0 Å². The van der Waals surface area contributed by atoms with Gasteiger partial charge in [-0.05, 0) is 63.6 Å². The molecule has 0 spiro atoms. The lowest BCUT2D eigenvalue weighted by atomic mass is 10.0. The maximum absolute atomic E-state index is 13.1. The molecule has 5 rings (SSSR count). The largest absolute Gasteiger partial charge is 0.476 e. The molecule has 9 heteroatoms. The van der Waals surface area contributed by atoms with Gasteiger partial charge in [-0.3, -0.25) is 4.79 Å². The molecule has 4 heterocycles. The molecule has 1 aromatic carbocycles. The van der Waals surface area contributed by atoms with Crippen molar-refractivity contribution in [3.05, 3.63) is 80.2 Å². The number of fused-ring (bicyclic) bond motifs is 2. The normalized spacial score (nSPS) is 12.2. The highest BCUT2D eigenvalue weighted by Crippen LogP contribution is 2.31. The third-order valence-electron chi connectivity index (χ3n) is 5.69. The van der Waals surface area contributed by atoms with Gasteiger partial charge in [0.2, 0.25) is 0 Å². The van der Waals surface area contributed by atoms with Crippen molar-refractivity contribution >= 4 is 44.3 Å². The van der Waals surface area contributed by atoms with Gasteiger partial charge in [-0.2, -0.15) is 0 Å². The van der Waals surface area contributed by atoms with Crippen LogP contribution in [0, 0.1) is 20.8 Å². The second kappa shape index (κ2) is 8.59. The molecule has 0 amide bonds. The fourth-order valence-corrected chi connectivity index (χ4v) is 4.88. The quantitative estimate of drug-likeness (QED) is 0.327. The number of hydrogen-bond donors (Lipinski definition) is 2. The van der Waals surface area contributed by atoms with Crippen LogP contribution >= 0.6 is 11.3 Å². The molecule has 0 unspecified atom stereocenters. The van der Waals surface area contributed by atoms with Crippen molar-refractivity contribution < 1.29 is 14.3 Å². The molecule has 2 N–H and O–H groups in total. The summed E-state index contributed by atoms with van der Waals surface area (Å²) < 4.78 is 6.28. The topological polar surface area (TPSA) is 118 Å². The number of benzene rings is 1. The average molecular weight is 487 g/mol. The second-order valence-corrected chi connectivity index (χ2v) is 9.66. The van der Waals surface area contributed by atoms with Crippen LogP contribution in [0.2, 0.25) is 0 Å². The summed E-state index contributed by atoms with van der Waals surface area (Å²) in [6, 6.07) is 11.9. The number of aryl methyl sites for hydroxylation is 3. The van der Waals surface area contributed by atoms with E-state index in [0.29, 0.717) is 33.8 Å². The zero-order chi connectivity index (χ0) is 24.9. The molecule has 5 aromatic rings. The van der Waals surface area contributed by atoms with Crippen LogP contribution in [0.3, 0.4) is 0 Å². The van der Waals surface area contributed by atoms with E-state index < -0.39 is 5.97 Å². The van der Waals surface area contributed by atoms with Crippen molar-refractivity contribution in [2.45, 2.75) is 33.7 Å². The number of carboxylic acid groups (broad SMARTS) is 1. The van der Waals surface area contributed by atoms with E-state index >= 15 is 0 Å². The van der Waals surface area contributed by atoms with Gasteiger partial charge in [-0.15, -0.1) is 0 Å². The molecule has 0 bridgehead atoms. The number of thiazole rings is 1. The summed E-state index contributed by atoms with van der Waals surface area (Å²) in [5.41, 5.74) is 4.15. The first-order chi connectivity index (χ1) is 16.7. The molecule has 0 aliphatic carbocycles. The molecule has 0 saturated carbocycles. The number of nitrogens with zero attached hydrogens (tertiary/aromatic N) is 3. The maximum atomic E-state index is 13.1. The van der Waals surface area contributed by atoms with Gasteiger partial charge in [0.1, 0.15) is 21.6 Å². The Bertz CT molecular complexity index is 1690. The van der Waals surface area contributed by atoms with E-state index in [1.807, 2.05) is 32.9 Å². The Labute approximate surface area is 204 Å². The Morgan fingerprint density at radius 2 is 1.86 bits per heavy atom. The standard InChI is InChI=1S/C26H22N4O4S/c1-12-9-16(14(3)28-19-6-5-13(2)27-23(19)26(32)33)24-17(10-12)21(31)11-22(34-24)18-7-8-20-25(30-18)35-15(4)29-20/h5-11,14,28H,1-4H3,(H,32,33)/t14-/m1/s1. The first-order valence-electron chi connectivity index (χ1n) is 11.0. The van der Waals surface area contributed by atoms with Crippen LogP contribution in [0.1, 0.15) is 45.3 Å². The van der Waals surface area contributed by atoms with Crippen LogP contribution in [0.25, 0.3) is 32.8 Å². The maximum Gasteiger partial charge on any atom is 0.356 e. The highest BCUT2D eigenvalue weighted by atomic mass is 32.1. The fourth-order valence-electron chi connectivity index (χ4n) is 4.09. The summed E-state index contributed by atoms with van der Waals surface area (Å²) in [5.74, 6) is -0.762. The number of aromatic carboxylic acids is 1. The van der Waals surface area contributed by atoms with Crippen molar-refractivity contribution in [1.29, 1.82) is 0 Å². The molecular formula is C26H22N4O4S. The number of carboxylic acids is 1. The zero-order valence-electron chi connectivity index (χ0n) is 19.5. The van der Waals surface area contributed by atoms with E-state index in [9.17, 15) is 14.7 Å². The Balaban J connectivity index is 1.63. The second-order valence-electron chi connectivity index (χ2n) is 8.48. The third-order valence-corrected chi connectivity index (χ3v) is 6.57. The Kier molecular flexibility index (Phi) is 5.56. The van der Waals surface area contributed by atoms with Crippen LogP contribution in [-0.2, 0) is 0 Å². The predicted molar refractivity (Wildman–Crippen MR) is 136 cm³/mol. The number of nitrogens with one attached hydrogen (secondary N) is 1. The Morgan fingerprint density at radius 3 is 2.63 bits per heavy atom. The molecular weight excluding hydrogens is 464 g/mol. The van der Waals surface area contributed by atoms with Crippen LogP contribution < -0.4 is 10.7 Å². The summed E-state index contributed by atoms with van der Waals surface area (Å²) >= 11 is 1.48. The molecule has 1 atom stereocenters. The molecule has 176 valence electrons. The van der Waals surface area contributed by atoms with Gasteiger partial charge in [-0.25, -0.2) is 19.7 Å². The van der Waals surface area contributed by atoms with Gasteiger partial charge >= 0.3 is 5.97 Å². The number of pyridine rings is 2. The van der Waals surface area contributed by atoms with E-state index in [0.717, 1.165) is 26.5 Å². The molecule has 0 radical (unpaired) electrons. The third kappa shape index (κ3) is 4.26. The van der Waals surface area contributed by atoms with E-state index in [1.165, 1.54) is 17.4 Å². The minimum atomic E-state index is -1.12. The van der Waals surface area contributed by atoms with Gasteiger partial charge in [0, 0.05) is 17.3 Å². The molecule has 0 aliphatic heterocycles. The van der Waals surface area contributed by atoms with Gasteiger partial charge < -0.3 is 14.8 Å². The van der Waals surface area contributed by atoms with E-state index in [2.05, 4.69) is 20.3 Å². The highest BCUT2D eigenvalue weighted by molar-refractivity contribution is 7.18. The van der Waals surface area contributed by atoms with E-state index in [4.69, 9.17) is 4.42 Å². The minimum absolute atomic E-state index is 0.0618. The van der Waals surface area contributed by atoms with Crippen molar-refractivity contribution in [1.82, 2.24) is 15.0 Å². The lowest BCUT2D eigenvalue weighted by Crippen LogP contribution is -2.14. The fraction of sp³-hybridized carbons (Fsp3) is 0.192. The van der Waals surface area contributed by atoms with E-state index in [-0.39, 0.29) is 17.2 Å². The molecule has 0 fully saturated rings. The van der Waals surface area contributed by atoms with Gasteiger partial charge in [-0.1, -0.05) is 17.4 Å². The van der Waals surface area contributed by atoms with Gasteiger partial charge in [0.15, 0.2) is 16.9 Å². The smallest absolute Gasteiger partial charge is 0.356 e. The molecule has 0 aliphatic rings. The van der Waals surface area contributed by atoms with Crippen molar-refractivity contribution in [2.75, 3.05) is 5.32 Å². The van der Waals surface area contributed by atoms with E-state index in [1.54, 1.807) is 31.2 Å². The number of anilines is 1. The van der Waals surface area contributed by atoms with Crippen LogP contribution in [0.15, 0.2) is 51.7 Å². The summed E-state index contributed by atoms with van der Waals surface area (Å²) in [5, 5.41) is 14.2. The number of hydrogen-bond acceptors (Lipinski definition) is 8. The zero-order valence-corrected chi connectivity index (χ0v) is 20.4.